The number of nitrogens with two attached hydrogens (primary N) is 1. The highest BCUT2D eigenvalue weighted by atomic mass is 35.5. The first kappa shape index (κ1) is 15.3. The number of hydrogen-bond donors (Lipinski definition) is 1. The molecule has 2 rings (SSSR count). The van der Waals surface area contributed by atoms with Gasteiger partial charge in [-0.2, -0.15) is 0 Å². The minimum Gasteiger partial charge on any atom is -0.497 e. The molecule has 1 fully saturated rings. The molecular weight excluding hydrogens is 248 g/mol. The maximum absolute atomic E-state index is 5.83. The van der Waals surface area contributed by atoms with Gasteiger partial charge in [-0.1, -0.05) is 18.6 Å². The highest BCUT2D eigenvalue weighted by Crippen LogP contribution is 2.20. The van der Waals surface area contributed by atoms with Crippen molar-refractivity contribution < 1.29 is 4.74 Å². The lowest BCUT2D eigenvalue weighted by molar-refractivity contribution is 0.145. The van der Waals surface area contributed by atoms with E-state index in [0.717, 1.165) is 18.8 Å². The fraction of sp³-hybridized carbons (Fsp3) is 0.571. The summed E-state index contributed by atoms with van der Waals surface area (Å²) in [6, 6.07) is 8.89. The average Bonchev–Trinajstić information content (AvgIpc) is 2.40. The van der Waals surface area contributed by atoms with E-state index in [1.165, 1.54) is 31.4 Å². The second-order valence-corrected chi connectivity index (χ2v) is 4.70. The van der Waals surface area contributed by atoms with Crippen molar-refractivity contribution in [2.24, 2.45) is 5.73 Å². The molecule has 1 saturated heterocycles. The quantitative estimate of drug-likeness (QED) is 0.913. The largest absolute Gasteiger partial charge is 0.497 e. The van der Waals surface area contributed by atoms with E-state index in [1.807, 2.05) is 12.1 Å². The third-order valence-corrected chi connectivity index (χ3v) is 3.57. The van der Waals surface area contributed by atoms with Crippen LogP contribution in [0.1, 0.15) is 24.8 Å². The van der Waals surface area contributed by atoms with Gasteiger partial charge in [0.1, 0.15) is 5.75 Å². The molecule has 1 heterocycles. The maximum Gasteiger partial charge on any atom is 0.118 e. The van der Waals surface area contributed by atoms with Crippen molar-refractivity contribution in [3.63, 3.8) is 0 Å². The molecule has 4 heteroatoms. The first-order valence-electron chi connectivity index (χ1n) is 6.40. The minimum atomic E-state index is 0. The second kappa shape index (κ2) is 7.62. The Kier molecular flexibility index (Phi) is 6.47. The number of likely N-dealkylation sites (tertiary alicyclic amines) is 1. The molecule has 0 amide bonds. The first-order valence-corrected chi connectivity index (χ1v) is 6.40. The van der Waals surface area contributed by atoms with Crippen LogP contribution in [0.15, 0.2) is 24.3 Å². The molecule has 1 aliphatic rings. The monoisotopic (exact) mass is 270 g/mol. The Morgan fingerprint density at radius 3 is 2.61 bits per heavy atom. The van der Waals surface area contributed by atoms with E-state index in [-0.39, 0.29) is 12.4 Å². The van der Waals surface area contributed by atoms with E-state index in [2.05, 4.69) is 17.0 Å². The zero-order valence-electron chi connectivity index (χ0n) is 11.0. The van der Waals surface area contributed by atoms with Crippen LogP contribution in [0.3, 0.4) is 0 Å². The van der Waals surface area contributed by atoms with Crippen LogP contribution >= 0.6 is 12.4 Å². The van der Waals surface area contributed by atoms with Gasteiger partial charge in [-0.15, -0.1) is 12.4 Å². The van der Waals surface area contributed by atoms with Crippen LogP contribution in [0.5, 0.6) is 5.75 Å². The molecule has 102 valence electrons. The van der Waals surface area contributed by atoms with Gasteiger partial charge in [0.25, 0.3) is 0 Å². The van der Waals surface area contributed by atoms with Crippen LogP contribution in [-0.4, -0.2) is 31.1 Å². The zero-order chi connectivity index (χ0) is 12.1. The molecule has 0 radical (unpaired) electrons. The highest BCUT2D eigenvalue weighted by molar-refractivity contribution is 5.85. The number of methoxy groups -OCH3 is 1. The van der Waals surface area contributed by atoms with Gasteiger partial charge in [0.15, 0.2) is 0 Å². The van der Waals surface area contributed by atoms with E-state index in [1.54, 1.807) is 7.11 Å². The van der Waals surface area contributed by atoms with Crippen molar-refractivity contribution in [1.29, 1.82) is 0 Å². The third kappa shape index (κ3) is 3.87. The number of ether oxygens (including phenoxy) is 1. The van der Waals surface area contributed by atoms with E-state index in [0.29, 0.717) is 6.04 Å². The number of rotatable bonds is 4. The lowest BCUT2D eigenvalue weighted by Gasteiger charge is -2.35. The van der Waals surface area contributed by atoms with Gasteiger partial charge in [-0.25, -0.2) is 0 Å². The number of halogens is 1. The molecular formula is C14H23ClN2O. The van der Waals surface area contributed by atoms with Crippen molar-refractivity contribution in [2.45, 2.75) is 31.8 Å². The summed E-state index contributed by atoms with van der Waals surface area (Å²) >= 11 is 0. The van der Waals surface area contributed by atoms with Crippen LogP contribution in [0.25, 0.3) is 0 Å². The Labute approximate surface area is 116 Å². The molecule has 0 spiro atoms. The van der Waals surface area contributed by atoms with Crippen molar-refractivity contribution >= 4 is 12.4 Å². The van der Waals surface area contributed by atoms with E-state index in [9.17, 15) is 0 Å². The fourth-order valence-electron chi connectivity index (χ4n) is 2.50. The number of nitrogens with zero attached hydrogens (tertiary/aromatic N) is 1. The summed E-state index contributed by atoms with van der Waals surface area (Å²) in [5.74, 6) is 0.919. The maximum atomic E-state index is 5.83. The van der Waals surface area contributed by atoms with E-state index < -0.39 is 0 Å². The summed E-state index contributed by atoms with van der Waals surface area (Å²) in [5, 5.41) is 0. The predicted octanol–water partition coefficient (Wildman–Crippen LogP) is 2.43. The first-order chi connectivity index (χ1) is 8.33. The Bertz CT molecular complexity index is 342. The lowest BCUT2D eigenvalue weighted by Crippen LogP contribution is -2.43. The van der Waals surface area contributed by atoms with Gasteiger partial charge < -0.3 is 10.5 Å². The van der Waals surface area contributed by atoms with Crippen molar-refractivity contribution in [3.8, 4) is 5.75 Å². The molecule has 3 nitrogen and oxygen atoms in total. The minimum absolute atomic E-state index is 0. The number of benzene rings is 1. The van der Waals surface area contributed by atoms with Gasteiger partial charge in [0, 0.05) is 19.1 Å². The van der Waals surface area contributed by atoms with Gasteiger partial charge in [-0.3, -0.25) is 4.90 Å². The molecule has 0 saturated carbocycles. The standard InChI is InChI=1S/C14H22N2O.ClH/c1-17-14-7-5-12(6-8-14)11-16-9-3-2-4-13(16)10-15;/h5-8,13H,2-4,9-11,15H2,1H3;1H. The molecule has 0 aliphatic carbocycles. The Hall–Kier alpha value is -0.770. The number of hydrogen-bond acceptors (Lipinski definition) is 3. The summed E-state index contributed by atoms with van der Waals surface area (Å²) in [6.07, 6.45) is 3.86. The van der Waals surface area contributed by atoms with Gasteiger partial charge in [0.2, 0.25) is 0 Å². The van der Waals surface area contributed by atoms with Crippen LogP contribution in [0.2, 0.25) is 0 Å². The molecule has 1 atom stereocenters. The second-order valence-electron chi connectivity index (χ2n) is 4.70. The summed E-state index contributed by atoms with van der Waals surface area (Å²) < 4.78 is 5.17. The molecule has 1 aliphatic heterocycles. The zero-order valence-corrected chi connectivity index (χ0v) is 11.8. The summed E-state index contributed by atoms with van der Waals surface area (Å²) in [4.78, 5) is 2.51. The van der Waals surface area contributed by atoms with Crippen molar-refractivity contribution in [2.75, 3.05) is 20.2 Å². The van der Waals surface area contributed by atoms with Crippen LogP contribution in [0.4, 0.5) is 0 Å². The topological polar surface area (TPSA) is 38.5 Å². The Morgan fingerprint density at radius 1 is 1.28 bits per heavy atom. The summed E-state index contributed by atoms with van der Waals surface area (Å²) in [7, 11) is 1.70. The summed E-state index contributed by atoms with van der Waals surface area (Å²) in [5.41, 5.74) is 7.17. The molecule has 1 unspecified atom stereocenters. The predicted molar refractivity (Wildman–Crippen MR) is 77.3 cm³/mol. The summed E-state index contributed by atoms with van der Waals surface area (Å²) in [6.45, 7) is 2.95. The van der Waals surface area contributed by atoms with E-state index >= 15 is 0 Å². The highest BCUT2D eigenvalue weighted by Gasteiger charge is 2.20. The van der Waals surface area contributed by atoms with Crippen molar-refractivity contribution in [3.05, 3.63) is 29.8 Å². The normalized spacial score (nSPS) is 20.2. The Morgan fingerprint density at radius 2 is 2.00 bits per heavy atom. The molecule has 1 aromatic rings. The van der Waals surface area contributed by atoms with E-state index in [4.69, 9.17) is 10.5 Å². The fourth-order valence-corrected chi connectivity index (χ4v) is 2.50. The van der Waals surface area contributed by atoms with Crippen LogP contribution in [-0.2, 0) is 6.54 Å². The van der Waals surface area contributed by atoms with Crippen molar-refractivity contribution in [1.82, 2.24) is 4.90 Å². The average molecular weight is 271 g/mol. The van der Waals surface area contributed by atoms with Crippen LogP contribution < -0.4 is 10.5 Å². The SMILES string of the molecule is COc1ccc(CN2CCCCC2CN)cc1.Cl. The Balaban J connectivity index is 0.00000162. The van der Waals surface area contributed by atoms with Gasteiger partial charge in [-0.05, 0) is 37.1 Å². The number of piperidine rings is 1. The van der Waals surface area contributed by atoms with Gasteiger partial charge >= 0.3 is 0 Å². The molecule has 18 heavy (non-hydrogen) atoms. The molecule has 2 N–H and O–H groups in total. The molecule has 0 bridgehead atoms. The molecule has 1 aromatic carbocycles. The smallest absolute Gasteiger partial charge is 0.118 e. The molecule has 0 aromatic heterocycles. The van der Waals surface area contributed by atoms with Gasteiger partial charge in [0.05, 0.1) is 7.11 Å². The van der Waals surface area contributed by atoms with Crippen LogP contribution in [0, 0.1) is 0 Å². The third-order valence-electron chi connectivity index (χ3n) is 3.57. The lowest BCUT2D eigenvalue weighted by atomic mass is 10.0.